The molecule has 2 unspecified atom stereocenters. The van der Waals surface area contributed by atoms with Gasteiger partial charge in [0.2, 0.25) is 0 Å². The zero-order valence-electron chi connectivity index (χ0n) is 12.9. The van der Waals surface area contributed by atoms with Crippen LogP contribution in [-0.4, -0.2) is 25.3 Å². The van der Waals surface area contributed by atoms with Crippen LogP contribution in [0, 0.1) is 5.92 Å². The average Bonchev–Trinajstić information content (AvgIpc) is 2.43. The number of ether oxygens (including phenoxy) is 2. The fraction of sp³-hybridized carbons (Fsp3) is 0.588. The summed E-state index contributed by atoms with van der Waals surface area (Å²) in [5.74, 6) is 0.0301. The lowest BCUT2D eigenvalue weighted by molar-refractivity contribution is -0.306. The van der Waals surface area contributed by atoms with Crippen molar-refractivity contribution >= 4 is 5.97 Å². The number of hydrogen-bond donors (Lipinski definition) is 0. The fourth-order valence-corrected chi connectivity index (χ4v) is 3.21. The Morgan fingerprint density at radius 2 is 2.10 bits per heavy atom. The van der Waals surface area contributed by atoms with E-state index in [2.05, 4.69) is 13.8 Å². The molecule has 4 nitrogen and oxygen atoms in total. The van der Waals surface area contributed by atoms with E-state index in [-0.39, 0.29) is 17.9 Å². The second kappa shape index (κ2) is 6.48. The van der Waals surface area contributed by atoms with Crippen LogP contribution in [0.15, 0.2) is 24.3 Å². The van der Waals surface area contributed by atoms with Gasteiger partial charge < -0.3 is 19.4 Å². The van der Waals surface area contributed by atoms with Gasteiger partial charge in [0.1, 0.15) is 5.75 Å². The first-order valence-electron chi connectivity index (χ1n) is 7.39. The Morgan fingerprint density at radius 1 is 1.43 bits per heavy atom. The molecule has 1 aliphatic rings. The minimum Gasteiger partial charge on any atom is -0.550 e. The molecule has 0 N–H and O–H groups in total. The molecule has 1 heterocycles. The normalized spacial score (nSPS) is 22.5. The van der Waals surface area contributed by atoms with Gasteiger partial charge in [-0.1, -0.05) is 12.1 Å². The van der Waals surface area contributed by atoms with Crippen molar-refractivity contribution in [3.63, 3.8) is 0 Å². The average molecular weight is 291 g/mol. The lowest BCUT2D eigenvalue weighted by atomic mass is 9.75. The predicted molar refractivity (Wildman–Crippen MR) is 78.1 cm³/mol. The van der Waals surface area contributed by atoms with Gasteiger partial charge in [-0.3, -0.25) is 0 Å². The smallest absolute Gasteiger partial charge is 0.118 e. The summed E-state index contributed by atoms with van der Waals surface area (Å²) in [6.07, 6.45) is 1.79. The summed E-state index contributed by atoms with van der Waals surface area (Å²) in [6, 6.07) is 7.66. The molecule has 0 spiro atoms. The van der Waals surface area contributed by atoms with Crippen LogP contribution < -0.4 is 9.84 Å². The van der Waals surface area contributed by atoms with E-state index in [0.29, 0.717) is 12.5 Å². The van der Waals surface area contributed by atoms with Crippen LogP contribution in [0.3, 0.4) is 0 Å². The quantitative estimate of drug-likeness (QED) is 0.834. The van der Waals surface area contributed by atoms with Gasteiger partial charge in [0.25, 0.3) is 0 Å². The first-order valence-corrected chi connectivity index (χ1v) is 7.39. The minimum atomic E-state index is -1.000. The van der Waals surface area contributed by atoms with Crippen molar-refractivity contribution in [1.82, 2.24) is 0 Å². The zero-order chi connectivity index (χ0) is 15.5. The Hall–Kier alpha value is -1.55. The Balaban J connectivity index is 2.22. The Kier molecular flexibility index (Phi) is 4.88. The summed E-state index contributed by atoms with van der Waals surface area (Å²) in [5, 5.41) is 11.1. The number of carbonyl (C=O) groups excluding carboxylic acids is 1. The van der Waals surface area contributed by atoms with E-state index in [4.69, 9.17) is 9.47 Å². The third-order valence-corrected chi connectivity index (χ3v) is 4.23. The van der Waals surface area contributed by atoms with Crippen molar-refractivity contribution in [2.24, 2.45) is 5.92 Å². The highest BCUT2D eigenvalue weighted by molar-refractivity contribution is 5.65. The van der Waals surface area contributed by atoms with E-state index in [9.17, 15) is 9.90 Å². The molecule has 0 radical (unpaired) electrons. The van der Waals surface area contributed by atoms with Gasteiger partial charge in [0.15, 0.2) is 0 Å². The molecule has 2 rings (SSSR count). The highest BCUT2D eigenvalue weighted by Crippen LogP contribution is 2.40. The van der Waals surface area contributed by atoms with Gasteiger partial charge in [-0.05, 0) is 62.6 Å². The minimum absolute atomic E-state index is 0.0379. The topological polar surface area (TPSA) is 58.6 Å². The third-order valence-electron chi connectivity index (χ3n) is 4.23. The number of carbonyl (C=O) groups is 1. The second-order valence-corrected chi connectivity index (χ2v) is 6.32. The van der Waals surface area contributed by atoms with Gasteiger partial charge in [-0.15, -0.1) is 0 Å². The number of hydrogen-bond acceptors (Lipinski definition) is 4. The summed E-state index contributed by atoms with van der Waals surface area (Å²) in [5.41, 5.74) is 0.835. The Labute approximate surface area is 126 Å². The van der Waals surface area contributed by atoms with E-state index in [0.717, 1.165) is 24.2 Å². The van der Waals surface area contributed by atoms with Gasteiger partial charge in [-0.2, -0.15) is 0 Å². The standard InChI is InChI=1S/C17H24O4/c1-17(2)11-13(8-9-21-17)15(10-16(18)19)12-4-6-14(20-3)7-5-12/h4-7,13,15H,8-11H2,1-3H3,(H,18,19)/p-1. The third kappa shape index (κ3) is 4.21. The number of benzene rings is 1. The van der Waals surface area contributed by atoms with Gasteiger partial charge in [0.05, 0.1) is 12.7 Å². The number of carboxylic acid groups (broad SMARTS) is 1. The van der Waals surface area contributed by atoms with Crippen LogP contribution >= 0.6 is 0 Å². The van der Waals surface area contributed by atoms with Gasteiger partial charge in [0, 0.05) is 12.6 Å². The highest BCUT2D eigenvalue weighted by Gasteiger charge is 2.34. The zero-order valence-corrected chi connectivity index (χ0v) is 12.9. The van der Waals surface area contributed by atoms with Crippen molar-refractivity contribution in [1.29, 1.82) is 0 Å². The van der Waals surface area contributed by atoms with Crippen molar-refractivity contribution in [2.75, 3.05) is 13.7 Å². The van der Waals surface area contributed by atoms with Crippen molar-refractivity contribution in [3.05, 3.63) is 29.8 Å². The first kappa shape index (κ1) is 15.8. The second-order valence-electron chi connectivity index (χ2n) is 6.32. The number of methoxy groups -OCH3 is 1. The summed E-state index contributed by atoms with van der Waals surface area (Å²) in [6.45, 7) is 4.80. The van der Waals surface area contributed by atoms with E-state index in [1.165, 1.54) is 0 Å². The molecular weight excluding hydrogens is 268 g/mol. The summed E-state index contributed by atoms with van der Waals surface area (Å²) >= 11 is 0. The van der Waals surface area contributed by atoms with E-state index in [1.54, 1.807) is 7.11 Å². The number of rotatable bonds is 5. The number of carboxylic acids is 1. The molecule has 21 heavy (non-hydrogen) atoms. The van der Waals surface area contributed by atoms with E-state index in [1.807, 2.05) is 24.3 Å². The molecule has 4 heteroatoms. The molecular formula is C17H23O4-. The molecule has 0 bridgehead atoms. The van der Waals surface area contributed by atoms with Crippen LogP contribution in [-0.2, 0) is 9.53 Å². The van der Waals surface area contributed by atoms with E-state index < -0.39 is 5.97 Å². The maximum Gasteiger partial charge on any atom is 0.118 e. The van der Waals surface area contributed by atoms with Crippen LogP contribution in [0.4, 0.5) is 0 Å². The van der Waals surface area contributed by atoms with Crippen LogP contribution in [0.2, 0.25) is 0 Å². The molecule has 0 aliphatic carbocycles. The Bertz CT molecular complexity index is 478. The molecule has 1 fully saturated rings. The van der Waals surface area contributed by atoms with Gasteiger partial charge in [-0.25, -0.2) is 0 Å². The molecule has 2 atom stereocenters. The molecule has 116 valence electrons. The van der Waals surface area contributed by atoms with Crippen molar-refractivity contribution < 1.29 is 19.4 Å². The van der Waals surface area contributed by atoms with Crippen LogP contribution in [0.25, 0.3) is 0 Å². The summed E-state index contributed by atoms with van der Waals surface area (Å²) in [7, 11) is 1.62. The van der Waals surface area contributed by atoms with Crippen molar-refractivity contribution in [2.45, 2.75) is 44.6 Å². The maximum absolute atomic E-state index is 11.1. The SMILES string of the molecule is COc1ccc(C(CC(=O)[O-])C2CCOC(C)(C)C2)cc1. The monoisotopic (exact) mass is 291 g/mol. The van der Waals surface area contributed by atoms with Crippen molar-refractivity contribution in [3.8, 4) is 5.75 Å². The lowest BCUT2D eigenvalue weighted by Gasteiger charge is -2.39. The summed E-state index contributed by atoms with van der Waals surface area (Å²) in [4.78, 5) is 11.1. The summed E-state index contributed by atoms with van der Waals surface area (Å²) < 4.78 is 10.9. The largest absolute Gasteiger partial charge is 0.550 e. The molecule has 1 aliphatic heterocycles. The molecule has 0 amide bonds. The predicted octanol–water partition coefficient (Wildman–Crippen LogP) is 2.12. The maximum atomic E-state index is 11.1. The lowest BCUT2D eigenvalue weighted by Crippen LogP contribution is -2.37. The van der Waals surface area contributed by atoms with Crippen LogP contribution in [0.5, 0.6) is 5.75 Å². The Morgan fingerprint density at radius 3 is 2.62 bits per heavy atom. The molecule has 1 aromatic carbocycles. The van der Waals surface area contributed by atoms with E-state index >= 15 is 0 Å². The van der Waals surface area contributed by atoms with Crippen LogP contribution in [0.1, 0.15) is 44.6 Å². The number of aliphatic carboxylic acids is 1. The molecule has 0 saturated carbocycles. The molecule has 1 saturated heterocycles. The highest BCUT2D eigenvalue weighted by atomic mass is 16.5. The fourth-order valence-electron chi connectivity index (χ4n) is 3.21. The molecule has 1 aromatic rings. The first-order chi connectivity index (χ1) is 9.91. The molecule has 0 aromatic heterocycles. The van der Waals surface area contributed by atoms with Gasteiger partial charge >= 0.3 is 0 Å².